The molecule has 1 N–H and O–H groups in total. The Bertz CT molecular complexity index is 431. The monoisotopic (exact) mass is 245 g/mol. The summed E-state index contributed by atoms with van der Waals surface area (Å²) in [6.45, 7) is 2.40. The molecule has 2 heteroatoms. The molecule has 98 valence electrons. The fraction of sp³-hybridized carbons (Fsp3) is 0.625. The summed E-state index contributed by atoms with van der Waals surface area (Å²) in [5.41, 5.74) is 1.71. The van der Waals surface area contributed by atoms with Crippen molar-refractivity contribution >= 4 is 0 Å². The van der Waals surface area contributed by atoms with E-state index in [0.717, 1.165) is 5.92 Å². The van der Waals surface area contributed by atoms with Crippen molar-refractivity contribution < 1.29 is 5.11 Å². The molecule has 1 aliphatic carbocycles. The van der Waals surface area contributed by atoms with Crippen molar-refractivity contribution in [2.24, 2.45) is 5.92 Å². The zero-order valence-electron chi connectivity index (χ0n) is 11.2. The van der Waals surface area contributed by atoms with E-state index in [2.05, 4.69) is 18.0 Å². The lowest BCUT2D eigenvalue weighted by Crippen LogP contribution is -2.50. The van der Waals surface area contributed by atoms with Crippen molar-refractivity contribution in [2.75, 3.05) is 20.1 Å². The van der Waals surface area contributed by atoms with Gasteiger partial charge in [0.25, 0.3) is 0 Å². The SMILES string of the molecule is CN1CC[C@]2(c3cccc(O)c3)CCCC[C@H]2C1. The van der Waals surface area contributed by atoms with Crippen LogP contribution in [-0.4, -0.2) is 30.1 Å². The van der Waals surface area contributed by atoms with Gasteiger partial charge in [-0.25, -0.2) is 0 Å². The van der Waals surface area contributed by atoms with E-state index in [0.29, 0.717) is 11.2 Å². The molecule has 1 saturated carbocycles. The van der Waals surface area contributed by atoms with Crippen LogP contribution in [-0.2, 0) is 5.41 Å². The topological polar surface area (TPSA) is 23.5 Å². The zero-order valence-corrected chi connectivity index (χ0v) is 11.2. The van der Waals surface area contributed by atoms with Gasteiger partial charge in [-0.3, -0.25) is 0 Å². The summed E-state index contributed by atoms with van der Waals surface area (Å²) in [6, 6.07) is 8.02. The molecule has 2 atom stereocenters. The summed E-state index contributed by atoms with van der Waals surface area (Å²) < 4.78 is 0. The minimum Gasteiger partial charge on any atom is -0.508 e. The molecule has 18 heavy (non-hydrogen) atoms. The van der Waals surface area contributed by atoms with Crippen molar-refractivity contribution in [1.29, 1.82) is 0 Å². The van der Waals surface area contributed by atoms with Crippen LogP contribution in [0.5, 0.6) is 5.75 Å². The number of hydrogen-bond donors (Lipinski definition) is 1. The number of phenols is 1. The smallest absolute Gasteiger partial charge is 0.115 e. The van der Waals surface area contributed by atoms with Gasteiger partial charge in [-0.05, 0) is 56.5 Å². The Balaban J connectivity index is 1.99. The molecule has 2 aliphatic rings. The first-order valence-electron chi connectivity index (χ1n) is 7.19. The minimum atomic E-state index is 0.337. The lowest BCUT2D eigenvalue weighted by atomic mass is 9.59. The van der Waals surface area contributed by atoms with Gasteiger partial charge in [0.05, 0.1) is 0 Å². The van der Waals surface area contributed by atoms with Gasteiger partial charge >= 0.3 is 0 Å². The van der Waals surface area contributed by atoms with E-state index in [1.165, 1.54) is 50.8 Å². The Morgan fingerprint density at radius 1 is 1.28 bits per heavy atom. The predicted molar refractivity (Wildman–Crippen MR) is 73.9 cm³/mol. The van der Waals surface area contributed by atoms with Gasteiger partial charge < -0.3 is 10.0 Å². The van der Waals surface area contributed by atoms with E-state index in [4.69, 9.17) is 0 Å². The van der Waals surface area contributed by atoms with E-state index < -0.39 is 0 Å². The second-order valence-electron chi connectivity index (χ2n) is 6.16. The summed E-state index contributed by atoms with van der Waals surface area (Å²) in [6.07, 6.45) is 6.61. The summed E-state index contributed by atoms with van der Waals surface area (Å²) in [7, 11) is 2.24. The number of benzene rings is 1. The molecule has 1 heterocycles. The molecule has 2 fully saturated rings. The molecule has 1 aromatic carbocycles. The van der Waals surface area contributed by atoms with Crippen molar-refractivity contribution in [1.82, 2.24) is 4.90 Å². The van der Waals surface area contributed by atoms with E-state index in [-0.39, 0.29) is 0 Å². The highest BCUT2D eigenvalue weighted by atomic mass is 16.3. The van der Waals surface area contributed by atoms with Gasteiger partial charge in [0, 0.05) is 12.0 Å². The highest BCUT2D eigenvalue weighted by Gasteiger charge is 2.44. The van der Waals surface area contributed by atoms with Gasteiger partial charge in [0.15, 0.2) is 0 Å². The van der Waals surface area contributed by atoms with E-state index in [9.17, 15) is 5.11 Å². The maximum atomic E-state index is 9.77. The summed E-state index contributed by atoms with van der Waals surface area (Å²) in [4.78, 5) is 2.47. The maximum Gasteiger partial charge on any atom is 0.115 e. The first-order chi connectivity index (χ1) is 8.71. The number of fused-ring (bicyclic) bond motifs is 1. The molecule has 2 nitrogen and oxygen atoms in total. The zero-order chi connectivity index (χ0) is 12.6. The van der Waals surface area contributed by atoms with Crippen LogP contribution in [0.4, 0.5) is 0 Å². The quantitative estimate of drug-likeness (QED) is 0.821. The first kappa shape index (κ1) is 12.0. The van der Waals surface area contributed by atoms with Crippen LogP contribution in [0.25, 0.3) is 0 Å². The number of aromatic hydroxyl groups is 1. The van der Waals surface area contributed by atoms with Gasteiger partial charge in [-0.1, -0.05) is 25.0 Å². The van der Waals surface area contributed by atoms with Crippen molar-refractivity contribution in [3.05, 3.63) is 29.8 Å². The van der Waals surface area contributed by atoms with Gasteiger partial charge in [0.2, 0.25) is 0 Å². The van der Waals surface area contributed by atoms with Crippen LogP contribution in [0.15, 0.2) is 24.3 Å². The minimum absolute atomic E-state index is 0.337. The third-order valence-electron chi connectivity index (χ3n) is 5.10. The van der Waals surface area contributed by atoms with Crippen LogP contribution in [0.1, 0.15) is 37.7 Å². The van der Waals surface area contributed by atoms with Crippen molar-refractivity contribution in [3.63, 3.8) is 0 Å². The third-order valence-corrected chi connectivity index (χ3v) is 5.10. The Hall–Kier alpha value is -1.02. The standard InChI is InChI=1S/C16H23NO/c1-17-10-9-16(8-3-2-5-14(16)12-17)13-6-4-7-15(18)11-13/h4,6-7,11,14,18H,2-3,5,8-10,12H2,1H3/t14-,16-/m0/s1. The second-order valence-corrected chi connectivity index (χ2v) is 6.16. The number of phenolic OH excluding ortho intramolecular Hbond substituents is 1. The summed E-state index contributed by atoms with van der Waals surface area (Å²) in [5.74, 6) is 1.19. The van der Waals surface area contributed by atoms with Gasteiger partial charge in [0.1, 0.15) is 5.75 Å². The van der Waals surface area contributed by atoms with Crippen LogP contribution in [0.3, 0.4) is 0 Å². The molecule has 0 aromatic heterocycles. The number of likely N-dealkylation sites (tertiary alicyclic amines) is 1. The lowest BCUT2D eigenvalue weighted by Gasteiger charge is -2.50. The number of hydrogen-bond acceptors (Lipinski definition) is 2. The summed E-state index contributed by atoms with van der Waals surface area (Å²) >= 11 is 0. The molecular formula is C16H23NO. The molecule has 1 saturated heterocycles. The molecule has 1 aliphatic heterocycles. The normalized spacial score (nSPS) is 33.1. The highest BCUT2D eigenvalue weighted by Crippen LogP contribution is 2.49. The van der Waals surface area contributed by atoms with E-state index >= 15 is 0 Å². The molecule has 0 amide bonds. The molecular weight excluding hydrogens is 222 g/mol. The molecule has 0 spiro atoms. The van der Waals surface area contributed by atoms with E-state index in [1.807, 2.05) is 12.1 Å². The third kappa shape index (κ3) is 1.93. The van der Waals surface area contributed by atoms with Gasteiger partial charge in [-0.2, -0.15) is 0 Å². The second kappa shape index (κ2) is 4.58. The molecule has 0 radical (unpaired) electrons. The summed E-state index contributed by atoms with van der Waals surface area (Å²) in [5, 5.41) is 9.77. The van der Waals surface area contributed by atoms with Gasteiger partial charge in [-0.15, -0.1) is 0 Å². The largest absolute Gasteiger partial charge is 0.508 e. The van der Waals surface area contributed by atoms with E-state index in [1.54, 1.807) is 6.07 Å². The number of rotatable bonds is 1. The first-order valence-corrected chi connectivity index (χ1v) is 7.19. The molecule has 0 unspecified atom stereocenters. The lowest BCUT2D eigenvalue weighted by molar-refractivity contribution is 0.0706. The Morgan fingerprint density at radius 3 is 3.00 bits per heavy atom. The molecule has 0 bridgehead atoms. The average molecular weight is 245 g/mol. The van der Waals surface area contributed by atoms with Crippen molar-refractivity contribution in [3.8, 4) is 5.75 Å². The van der Waals surface area contributed by atoms with Crippen molar-refractivity contribution in [2.45, 2.75) is 37.5 Å². The highest BCUT2D eigenvalue weighted by molar-refractivity contribution is 5.35. The number of piperidine rings is 1. The Labute approximate surface area is 110 Å². The fourth-order valence-electron chi connectivity index (χ4n) is 4.10. The van der Waals surface area contributed by atoms with Crippen LogP contribution < -0.4 is 0 Å². The maximum absolute atomic E-state index is 9.77. The average Bonchev–Trinajstić information content (AvgIpc) is 2.38. The predicted octanol–water partition coefficient (Wildman–Crippen LogP) is 3.16. The number of nitrogens with zero attached hydrogens (tertiary/aromatic N) is 1. The van der Waals surface area contributed by atoms with Crippen LogP contribution >= 0.6 is 0 Å². The Morgan fingerprint density at radius 2 is 2.17 bits per heavy atom. The Kier molecular flexibility index (Phi) is 3.06. The molecule has 1 aromatic rings. The van der Waals surface area contributed by atoms with Crippen LogP contribution in [0.2, 0.25) is 0 Å². The fourth-order valence-corrected chi connectivity index (χ4v) is 4.10. The molecule has 3 rings (SSSR count). The van der Waals surface area contributed by atoms with Crippen LogP contribution in [0, 0.1) is 5.92 Å².